The van der Waals surface area contributed by atoms with E-state index in [2.05, 4.69) is 9.98 Å². The molecule has 0 aromatic heterocycles. The van der Waals surface area contributed by atoms with E-state index in [-0.39, 0.29) is 17.4 Å². The van der Waals surface area contributed by atoms with Crippen molar-refractivity contribution in [2.75, 3.05) is 0 Å². The first-order valence-electron chi connectivity index (χ1n) is 6.59. The third kappa shape index (κ3) is 16.4. The van der Waals surface area contributed by atoms with E-state index in [0.717, 1.165) is 11.4 Å². The molecular weight excluding hydrogens is 328 g/mol. The zero-order chi connectivity index (χ0) is 18.4. The number of rotatable bonds is 2. The summed E-state index contributed by atoms with van der Waals surface area (Å²) in [7, 11) is 0. The molecule has 10 nitrogen and oxygen atoms in total. The lowest BCUT2D eigenvalue weighted by Gasteiger charge is -1.96. The van der Waals surface area contributed by atoms with Crippen molar-refractivity contribution in [3.8, 4) is 0 Å². The molecule has 0 saturated carbocycles. The molecule has 2 rings (SSSR count). The van der Waals surface area contributed by atoms with E-state index in [1.54, 1.807) is 0 Å². The Morgan fingerprint density at radius 1 is 0.680 bits per heavy atom. The zero-order valence-corrected chi connectivity index (χ0v) is 13.3. The Labute approximate surface area is 144 Å². The number of nitrogens with two attached hydrogens (primary N) is 4. The number of hydrogen-bond acceptors (Lipinski definition) is 3. The first-order chi connectivity index (χ1) is 11.3. The van der Waals surface area contributed by atoms with E-state index in [1.807, 2.05) is 60.7 Å². The normalized spacial score (nSPS) is 8.00. The number of carboxylic acid groups (broad SMARTS) is 2. The maximum atomic E-state index is 8.33. The van der Waals surface area contributed by atoms with Crippen molar-refractivity contribution in [2.45, 2.75) is 0 Å². The number of benzene rings is 2. The molecule has 136 valence electrons. The lowest BCUT2D eigenvalue weighted by molar-refractivity contribution is -0.415. The minimum Gasteiger partial charge on any atom is -0.652 e. The van der Waals surface area contributed by atoms with E-state index in [4.69, 9.17) is 37.9 Å². The molecule has 10 heteroatoms. The van der Waals surface area contributed by atoms with Crippen LogP contribution in [0.5, 0.6) is 0 Å². The van der Waals surface area contributed by atoms with Gasteiger partial charge in [-0.05, 0) is 30.4 Å². The third-order valence-electron chi connectivity index (χ3n) is 2.12. The fraction of sp³-hybridized carbons (Fsp3) is 0. The van der Waals surface area contributed by atoms with Gasteiger partial charge in [0.05, 0.1) is 11.4 Å². The van der Waals surface area contributed by atoms with Gasteiger partial charge >= 0.3 is 11.9 Å². The molecule has 12 N–H and O–H groups in total. The van der Waals surface area contributed by atoms with E-state index in [1.165, 1.54) is 0 Å². The summed E-state index contributed by atoms with van der Waals surface area (Å²) in [4.78, 5) is 13.9. The van der Waals surface area contributed by atoms with E-state index in [9.17, 15) is 0 Å². The fourth-order valence-electron chi connectivity index (χ4n) is 1.38. The number of para-hydroxylation sites is 2. The van der Waals surface area contributed by atoms with Gasteiger partial charge in [-0.1, -0.05) is 36.4 Å². The van der Waals surface area contributed by atoms with Crippen molar-refractivity contribution in [3.63, 3.8) is 0 Å². The molecular formula is C15H22N6O4. The predicted molar refractivity (Wildman–Crippen MR) is 89.9 cm³/mol. The minimum absolute atomic E-state index is 0. The van der Waals surface area contributed by atoms with E-state index < -0.39 is 6.16 Å². The van der Waals surface area contributed by atoms with Gasteiger partial charge in [0.2, 0.25) is 0 Å². The molecule has 0 heterocycles. The quantitative estimate of drug-likeness (QED) is 0.227. The predicted octanol–water partition coefficient (Wildman–Crippen LogP) is -5.93. The van der Waals surface area contributed by atoms with Gasteiger partial charge in [0.1, 0.15) is 0 Å². The van der Waals surface area contributed by atoms with Gasteiger partial charge in [-0.2, -0.15) is 0 Å². The SMILES string of the molecule is NC(N)=[NH+]c1ccccc1.NC(N)=[NH+]c1ccccc1.O.O=C([O-])[O-]. The third-order valence-corrected chi connectivity index (χ3v) is 2.12. The molecule has 0 bridgehead atoms. The minimum atomic E-state index is -2.33. The first-order valence-corrected chi connectivity index (χ1v) is 6.59. The van der Waals surface area contributed by atoms with Crippen LogP contribution in [-0.2, 0) is 0 Å². The standard InChI is InChI=1S/2C7H9N3.CH2O3.H2O/c2*8-7(9)10-6-4-2-1-3-5-6;2-1(3)4;/h2*1-5H,(H4,8,9,10);(H2,2,3,4);1H2. The van der Waals surface area contributed by atoms with Crippen LogP contribution in [0.15, 0.2) is 60.7 Å². The van der Waals surface area contributed by atoms with Crippen LogP contribution in [0.3, 0.4) is 0 Å². The van der Waals surface area contributed by atoms with Crippen molar-refractivity contribution < 1.29 is 30.5 Å². The number of hydrogen-bond donors (Lipinski definition) is 6. The van der Waals surface area contributed by atoms with Crippen LogP contribution in [0.25, 0.3) is 0 Å². The topological polar surface area (TPSA) is 227 Å². The molecule has 0 spiro atoms. The average molecular weight is 350 g/mol. The largest absolute Gasteiger partial charge is 0.652 e. The monoisotopic (exact) mass is 350 g/mol. The van der Waals surface area contributed by atoms with Crippen LogP contribution < -0.4 is 43.1 Å². The summed E-state index contributed by atoms with van der Waals surface area (Å²) >= 11 is 0. The van der Waals surface area contributed by atoms with Crippen molar-refractivity contribution in [1.29, 1.82) is 0 Å². The van der Waals surface area contributed by atoms with Crippen LogP contribution >= 0.6 is 0 Å². The molecule has 0 aliphatic carbocycles. The summed E-state index contributed by atoms with van der Waals surface area (Å²) in [6, 6.07) is 19.0. The van der Waals surface area contributed by atoms with Gasteiger partial charge in [0.25, 0.3) is 0 Å². The molecule has 0 aliphatic rings. The second kappa shape index (κ2) is 13.8. The fourth-order valence-corrected chi connectivity index (χ4v) is 1.38. The highest BCUT2D eigenvalue weighted by molar-refractivity contribution is 5.70. The first kappa shape index (κ1) is 23.5. The summed E-state index contributed by atoms with van der Waals surface area (Å²) in [5.74, 6) is 0.428. The maximum absolute atomic E-state index is 8.33. The van der Waals surface area contributed by atoms with Crippen molar-refractivity contribution >= 4 is 29.4 Å². The molecule has 2 aromatic rings. The molecule has 0 fully saturated rings. The summed E-state index contributed by atoms with van der Waals surface area (Å²) in [5, 5.41) is 16.7. The van der Waals surface area contributed by atoms with Crippen molar-refractivity contribution in [3.05, 3.63) is 60.7 Å². The average Bonchev–Trinajstić information content (AvgIpc) is 2.48. The van der Waals surface area contributed by atoms with Gasteiger partial charge < -0.3 is 20.5 Å². The summed E-state index contributed by atoms with van der Waals surface area (Å²) in [6.45, 7) is 0. The van der Waals surface area contributed by atoms with E-state index >= 15 is 0 Å². The molecule has 0 atom stereocenters. The summed E-state index contributed by atoms with van der Waals surface area (Å²) in [6.07, 6.45) is -2.33. The Hall–Kier alpha value is -3.79. The maximum Gasteiger partial charge on any atom is 0.343 e. The Morgan fingerprint density at radius 3 is 1.12 bits per heavy atom. The highest BCUT2D eigenvalue weighted by Gasteiger charge is 1.88. The van der Waals surface area contributed by atoms with E-state index in [0.29, 0.717) is 0 Å². The van der Waals surface area contributed by atoms with Crippen LogP contribution in [0.1, 0.15) is 0 Å². The van der Waals surface area contributed by atoms with Crippen molar-refractivity contribution in [2.24, 2.45) is 22.9 Å². The molecule has 2 aromatic carbocycles. The summed E-state index contributed by atoms with van der Waals surface area (Å²) < 4.78 is 0. The smallest absolute Gasteiger partial charge is 0.343 e. The number of guanidine groups is 2. The Kier molecular flexibility index (Phi) is 13.0. The van der Waals surface area contributed by atoms with Crippen LogP contribution in [0, 0.1) is 0 Å². The van der Waals surface area contributed by atoms with Gasteiger partial charge in [0.15, 0.2) is 0 Å². The molecule has 0 amide bonds. The zero-order valence-electron chi connectivity index (χ0n) is 13.3. The van der Waals surface area contributed by atoms with Crippen molar-refractivity contribution in [1.82, 2.24) is 0 Å². The number of carbonyl (C=O) groups is 1. The lowest BCUT2D eigenvalue weighted by Crippen LogP contribution is -2.72. The molecule has 0 unspecified atom stereocenters. The second-order valence-electron chi connectivity index (χ2n) is 4.14. The molecule has 0 aliphatic heterocycles. The highest BCUT2D eigenvalue weighted by atomic mass is 16.6. The lowest BCUT2D eigenvalue weighted by atomic mass is 10.3. The Balaban J connectivity index is 0. The number of carbonyl (C=O) groups excluding carboxylic acids is 1. The van der Waals surface area contributed by atoms with Gasteiger partial charge in [-0.3, -0.25) is 22.9 Å². The Bertz CT molecular complexity index is 597. The number of nitrogens with one attached hydrogen (secondary N) is 2. The summed E-state index contributed by atoms with van der Waals surface area (Å²) in [5.41, 5.74) is 22.6. The van der Waals surface area contributed by atoms with Gasteiger partial charge in [0, 0.05) is 0 Å². The second-order valence-corrected chi connectivity index (χ2v) is 4.14. The Morgan fingerprint density at radius 2 is 0.920 bits per heavy atom. The molecule has 0 saturated heterocycles. The molecule has 25 heavy (non-hydrogen) atoms. The van der Waals surface area contributed by atoms with Crippen LogP contribution in [-0.4, -0.2) is 23.6 Å². The molecule has 0 radical (unpaired) electrons. The van der Waals surface area contributed by atoms with Gasteiger partial charge in [-0.15, -0.1) is 0 Å². The highest BCUT2D eigenvalue weighted by Crippen LogP contribution is 1.94. The van der Waals surface area contributed by atoms with Crippen LogP contribution in [0.2, 0.25) is 0 Å². The van der Waals surface area contributed by atoms with Crippen LogP contribution in [0.4, 0.5) is 16.2 Å². The van der Waals surface area contributed by atoms with Gasteiger partial charge in [-0.25, -0.2) is 9.98 Å².